The summed E-state index contributed by atoms with van der Waals surface area (Å²) >= 11 is 1.64. The minimum absolute atomic E-state index is 0.532. The lowest BCUT2D eigenvalue weighted by atomic mass is 9.89. The summed E-state index contributed by atoms with van der Waals surface area (Å²) in [6.07, 6.45) is 6.40. The van der Waals surface area contributed by atoms with E-state index in [1.807, 2.05) is 11.7 Å². The Bertz CT molecular complexity index is 620. The Hall–Kier alpha value is -1.36. The highest BCUT2D eigenvalue weighted by atomic mass is 32.1. The molecule has 20 heavy (non-hydrogen) atoms. The van der Waals surface area contributed by atoms with E-state index in [0.717, 1.165) is 22.2 Å². The summed E-state index contributed by atoms with van der Waals surface area (Å²) in [5.74, 6) is 2.46. The predicted molar refractivity (Wildman–Crippen MR) is 84.0 cm³/mol. The fourth-order valence-electron chi connectivity index (χ4n) is 3.09. The van der Waals surface area contributed by atoms with Crippen molar-refractivity contribution >= 4 is 16.3 Å². The molecule has 108 valence electrons. The molecule has 1 fully saturated rings. The molecule has 1 aliphatic rings. The van der Waals surface area contributed by atoms with Crippen LogP contribution in [0.2, 0.25) is 0 Å². The predicted octanol–water partition coefficient (Wildman–Crippen LogP) is 3.79. The van der Waals surface area contributed by atoms with Crippen LogP contribution < -0.4 is 5.73 Å². The molecule has 0 atom stereocenters. The summed E-state index contributed by atoms with van der Waals surface area (Å²) < 4.78 is 1.90. The van der Waals surface area contributed by atoms with E-state index in [2.05, 4.69) is 18.9 Å². The molecule has 2 heterocycles. The van der Waals surface area contributed by atoms with E-state index in [1.165, 1.54) is 42.5 Å². The summed E-state index contributed by atoms with van der Waals surface area (Å²) in [4.78, 5) is 6.08. The van der Waals surface area contributed by atoms with Gasteiger partial charge in [-0.25, -0.2) is 9.67 Å². The first-order valence-corrected chi connectivity index (χ1v) is 8.16. The lowest BCUT2D eigenvalue weighted by Crippen LogP contribution is -2.06. The molecule has 0 spiro atoms. The van der Waals surface area contributed by atoms with Crippen LogP contribution in [0.15, 0.2) is 0 Å². The maximum absolute atomic E-state index is 6.17. The van der Waals surface area contributed by atoms with Crippen LogP contribution >= 0.6 is 11.3 Å². The van der Waals surface area contributed by atoms with Crippen LogP contribution in [0.4, 0.5) is 5.00 Å². The van der Waals surface area contributed by atoms with Crippen LogP contribution in [0.5, 0.6) is 0 Å². The molecule has 0 aliphatic heterocycles. The Morgan fingerprint density at radius 3 is 2.50 bits per heavy atom. The Balaban J connectivity index is 2.00. The third kappa shape index (κ3) is 2.24. The van der Waals surface area contributed by atoms with Crippen LogP contribution in [0.3, 0.4) is 0 Å². The lowest BCUT2D eigenvalue weighted by Gasteiger charge is -2.18. The van der Waals surface area contributed by atoms with Gasteiger partial charge >= 0.3 is 0 Å². The standard InChI is InChI=1S/C15H22N4S/c1-9-10(2)20-13(16)12(9)15-17-14(18-19(15)3)11-7-5-4-6-8-11/h11H,4-8,16H2,1-3H3. The van der Waals surface area contributed by atoms with Crippen molar-refractivity contribution in [2.45, 2.75) is 51.9 Å². The first-order valence-electron chi connectivity index (χ1n) is 7.34. The third-order valence-corrected chi connectivity index (χ3v) is 5.42. The molecule has 0 aromatic carbocycles. The number of aromatic nitrogens is 3. The van der Waals surface area contributed by atoms with E-state index in [-0.39, 0.29) is 0 Å². The van der Waals surface area contributed by atoms with Gasteiger partial charge in [0.25, 0.3) is 0 Å². The van der Waals surface area contributed by atoms with Gasteiger partial charge in [0.05, 0.1) is 10.6 Å². The van der Waals surface area contributed by atoms with E-state index >= 15 is 0 Å². The molecule has 0 saturated heterocycles. The van der Waals surface area contributed by atoms with Crippen molar-refractivity contribution in [1.82, 2.24) is 14.8 Å². The van der Waals surface area contributed by atoms with E-state index in [4.69, 9.17) is 10.7 Å². The van der Waals surface area contributed by atoms with Crippen molar-refractivity contribution in [2.24, 2.45) is 7.05 Å². The summed E-state index contributed by atoms with van der Waals surface area (Å²) in [6, 6.07) is 0. The minimum atomic E-state index is 0.532. The molecule has 2 aromatic heterocycles. The van der Waals surface area contributed by atoms with E-state index in [1.54, 1.807) is 11.3 Å². The zero-order valence-electron chi connectivity index (χ0n) is 12.4. The van der Waals surface area contributed by atoms with Gasteiger partial charge in [-0.2, -0.15) is 5.10 Å². The Morgan fingerprint density at radius 2 is 1.90 bits per heavy atom. The monoisotopic (exact) mass is 290 g/mol. The molecule has 1 saturated carbocycles. The number of thiophene rings is 1. The van der Waals surface area contributed by atoms with Crippen LogP contribution in [0.25, 0.3) is 11.4 Å². The highest BCUT2D eigenvalue weighted by molar-refractivity contribution is 7.16. The van der Waals surface area contributed by atoms with Gasteiger partial charge in [-0.05, 0) is 32.3 Å². The van der Waals surface area contributed by atoms with Crippen LogP contribution in [-0.2, 0) is 7.05 Å². The first kappa shape index (κ1) is 13.6. The molecular weight excluding hydrogens is 268 g/mol. The molecule has 0 bridgehead atoms. The third-order valence-electron chi connectivity index (χ3n) is 4.39. The van der Waals surface area contributed by atoms with Crippen molar-refractivity contribution in [2.75, 3.05) is 5.73 Å². The smallest absolute Gasteiger partial charge is 0.161 e. The van der Waals surface area contributed by atoms with Crippen LogP contribution in [0.1, 0.15) is 54.3 Å². The van der Waals surface area contributed by atoms with E-state index in [0.29, 0.717) is 5.92 Å². The molecule has 2 N–H and O–H groups in total. The van der Waals surface area contributed by atoms with Crippen molar-refractivity contribution < 1.29 is 0 Å². The maximum atomic E-state index is 6.17. The number of anilines is 1. The lowest BCUT2D eigenvalue weighted by molar-refractivity contribution is 0.427. The van der Waals surface area contributed by atoms with Gasteiger partial charge in [-0.1, -0.05) is 19.3 Å². The topological polar surface area (TPSA) is 56.7 Å². The molecule has 0 unspecified atom stereocenters. The SMILES string of the molecule is Cc1sc(N)c(-c2nc(C3CCCCC3)nn2C)c1C. The average Bonchev–Trinajstić information content (AvgIpc) is 2.92. The summed E-state index contributed by atoms with van der Waals surface area (Å²) in [6.45, 7) is 4.23. The number of hydrogen-bond donors (Lipinski definition) is 1. The highest BCUT2D eigenvalue weighted by Crippen LogP contribution is 2.38. The fourth-order valence-corrected chi connectivity index (χ4v) is 4.02. The first-order chi connectivity index (χ1) is 9.58. The minimum Gasteiger partial charge on any atom is -0.390 e. The van der Waals surface area contributed by atoms with Crippen LogP contribution in [0, 0.1) is 13.8 Å². The number of rotatable bonds is 2. The van der Waals surface area contributed by atoms with Crippen molar-refractivity contribution in [3.63, 3.8) is 0 Å². The zero-order valence-corrected chi connectivity index (χ0v) is 13.3. The van der Waals surface area contributed by atoms with Gasteiger partial charge in [-0.15, -0.1) is 11.3 Å². The van der Waals surface area contributed by atoms with Crippen LogP contribution in [-0.4, -0.2) is 14.8 Å². The number of nitrogens with zero attached hydrogens (tertiary/aromatic N) is 3. The Morgan fingerprint density at radius 1 is 1.20 bits per heavy atom. The molecular formula is C15H22N4S. The normalized spacial score (nSPS) is 16.8. The van der Waals surface area contributed by atoms with Gasteiger partial charge in [-0.3, -0.25) is 0 Å². The van der Waals surface area contributed by atoms with E-state index in [9.17, 15) is 0 Å². The second-order valence-electron chi connectivity index (χ2n) is 5.77. The number of nitrogens with two attached hydrogens (primary N) is 1. The van der Waals surface area contributed by atoms with Gasteiger partial charge in [0.1, 0.15) is 0 Å². The zero-order chi connectivity index (χ0) is 14.3. The maximum Gasteiger partial charge on any atom is 0.161 e. The molecule has 5 heteroatoms. The summed E-state index contributed by atoms with van der Waals surface area (Å²) in [5.41, 5.74) is 8.48. The number of nitrogen functional groups attached to an aromatic ring is 1. The number of aryl methyl sites for hydroxylation is 2. The molecule has 3 rings (SSSR count). The quantitative estimate of drug-likeness (QED) is 0.915. The van der Waals surface area contributed by atoms with Gasteiger partial charge in [0, 0.05) is 17.8 Å². The number of hydrogen-bond acceptors (Lipinski definition) is 4. The van der Waals surface area contributed by atoms with Crippen molar-refractivity contribution in [1.29, 1.82) is 0 Å². The Kier molecular flexibility index (Phi) is 3.54. The highest BCUT2D eigenvalue weighted by Gasteiger charge is 2.23. The molecule has 1 aliphatic carbocycles. The van der Waals surface area contributed by atoms with Gasteiger partial charge < -0.3 is 5.73 Å². The average molecular weight is 290 g/mol. The van der Waals surface area contributed by atoms with Crippen molar-refractivity contribution in [3.8, 4) is 11.4 Å². The van der Waals surface area contributed by atoms with Gasteiger partial charge in [0.15, 0.2) is 11.6 Å². The van der Waals surface area contributed by atoms with Gasteiger partial charge in [0.2, 0.25) is 0 Å². The molecule has 4 nitrogen and oxygen atoms in total. The second kappa shape index (κ2) is 5.20. The summed E-state index contributed by atoms with van der Waals surface area (Å²) in [7, 11) is 1.97. The molecule has 0 amide bonds. The Labute approximate surface area is 124 Å². The second-order valence-corrected chi connectivity index (χ2v) is 7.03. The largest absolute Gasteiger partial charge is 0.390 e. The van der Waals surface area contributed by atoms with Crippen molar-refractivity contribution in [3.05, 3.63) is 16.3 Å². The molecule has 2 aromatic rings. The summed E-state index contributed by atoms with van der Waals surface area (Å²) in [5, 5.41) is 5.51. The van der Waals surface area contributed by atoms with E-state index < -0.39 is 0 Å². The molecule has 0 radical (unpaired) electrons. The fraction of sp³-hybridized carbons (Fsp3) is 0.600.